The molecule has 38 heavy (non-hydrogen) atoms. The highest BCUT2D eigenvalue weighted by molar-refractivity contribution is 7.15. The van der Waals surface area contributed by atoms with Gasteiger partial charge in [-0.3, -0.25) is 14.5 Å². The zero-order valence-corrected chi connectivity index (χ0v) is 21.6. The Kier molecular flexibility index (Phi) is 6.17. The van der Waals surface area contributed by atoms with Crippen molar-refractivity contribution in [3.63, 3.8) is 0 Å². The largest absolute Gasteiger partial charge is 0.489 e. The van der Waals surface area contributed by atoms with Crippen LogP contribution in [0.5, 0.6) is 5.75 Å². The molecule has 190 valence electrons. The number of hydrogen-bond acceptors (Lipinski definition) is 7. The second kappa shape index (κ2) is 9.66. The molecule has 0 saturated heterocycles. The lowest BCUT2D eigenvalue weighted by atomic mass is 9.98. The third-order valence-corrected chi connectivity index (χ3v) is 7.61. The SMILES string of the molecule is CCc1nnc(N2C(=O)c3oc4ccc(F)cc4c(=O)c3C2c2cccc(OCc3ccc(Cl)cc3)c2)s1. The Morgan fingerprint density at radius 3 is 2.66 bits per heavy atom. The number of nitrogens with zero attached hydrogens (tertiary/aromatic N) is 3. The Hall–Kier alpha value is -4.08. The predicted molar refractivity (Wildman–Crippen MR) is 143 cm³/mol. The summed E-state index contributed by atoms with van der Waals surface area (Å²) in [5.74, 6) is -0.641. The molecule has 0 bridgehead atoms. The highest BCUT2D eigenvalue weighted by Crippen LogP contribution is 2.42. The molecule has 1 aliphatic rings. The smallest absolute Gasteiger partial charge is 0.297 e. The van der Waals surface area contributed by atoms with E-state index in [1.54, 1.807) is 36.4 Å². The number of aromatic nitrogens is 2. The topological polar surface area (TPSA) is 85.5 Å². The molecule has 0 aliphatic carbocycles. The van der Waals surface area contributed by atoms with E-state index in [4.69, 9.17) is 20.8 Å². The maximum absolute atomic E-state index is 14.0. The summed E-state index contributed by atoms with van der Waals surface area (Å²) in [6.07, 6.45) is 0.645. The molecule has 10 heteroatoms. The molecule has 1 aliphatic heterocycles. The monoisotopic (exact) mass is 547 g/mol. The van der Waals surface area contributed by atoms with Gasteiger partial charge in [0.2, 0.25) is 10.9 Å². The van der Waals surface area contributed by atoms with Crippen LogP contribution in [0.3, 0.4) is 0 Å². The summed E-state index contributed by atoms with van der Waals surface area (Å²) in [7, 11) is 0. The van der Waals surface area contributed by atoms with Gasteiger partial charge < -0.3 is 9.15 Å². The summed E-state index contributed by atoms with van der Waals surface area (Å²) < 4.78 is 25.9. The van der Waals surface area contributed by atoms with Crippen LogP contribution < -0.4 is 15.1 Å². The zero-order chi connectivity index (χ0) is 26.4. The molecule has 1 atom stereocenters. The van der Waals surface area contributed by atoms with E-state index in [9.17, 15) is 14.0 Å². The van der Waals surface area contributed by atoms with Crippen molar-refractivity contribution >= 4 is 44.9 Å². The molecule has 6 rings (SSSR count). The average Bonchev–Trinajstić information content (AvgIpc) is 3.51. The second-order valence-corrected chi connectivity index (χ2v) is 10.2. The fourth-order valence-corrected chi connectivity index (χ4v) is 5.40. The number of ether oxygens (including phenoxy) is 1. The van der Waals surface area contributed by atoms with E-state index in [1.807, 2.05) is 19.1 Å². The van der Waals surface area contributed by atoms with Crippen LogP contribution in [-0.4, -0.2) is 16.1 Å². The molecule has 7 nitrogen and oxygen atoms in total. The third kappa shape index (κ3) is 4.23. The van der Waals surface area contributed by atoms with E-state index < -0.39 is 23.2 Å². The van der Waals surface area contributed by atoms with Gasteiger partial charge in [-0.25, -0.2) is 4.39 Å². The minimum absolute atomic E-state index is 0.0602. The molecule has 0 saturated carbocycles. The maximum atomic E-state index is 14.0. The maximum Gasteiger partial charge on any atom is 0.297 e. The zero-order valence-electron chi connectivity index (χ0n) is 20.0. The van der Waals surface area contributed by atoms with Crippen LogP contribution in [0, 0.1) is 5.82 Å². The summed E-state index contributed by atoms with van der Waals surface area (Å²) in [6, 6.07) is 17.3. The molecule has 1 unspecified atom stereocenters. The average molecular weight is 548 g/mol. The number of hydrogen-bond donors (Lipinski definition) is 0. The first-order chi connectivity index (χ1) is 18.4. The number of anilines is 1. The first kappa shape index (κ1) is 24.3. The van der Waals surface area contributed by atoms with Gasteiger partial charge in [0.25, 0.3) is 5.91 Å². The van der Waals surface area contributed by atoms with Crippen molar-refractivity contribution < 1.29 is 18.3 Å². The fourth-order valence-electron chi connectivity index (χ4n) is 4.46. The molecule has 0 N–H and O–H groups in total. The van der Waals surface area contributed by atoms with Crippen molar-refractivity contribution in [2.24, 2.45) is 0 Å². The molecular formula is C28H19ClFN3O4S. The van der Waals surface area contributed by atoms with Gasteiger partial charge in [-0.2, -0.15) is 0 Å². The van der Waals surface area contributed by atoms with E-state index in [0.29, 0.717) is 34.5 Å². The Labute approximate surface area is 225 Å². The number of benzene rings is 3. The van der Waals surface area contributed by atoms with Crippen molar-refractivity contribution in [1.82, 2.24) is 10.2 Å². The minimum Gasteiger partial charge on any atom is -0.489 e. The summed E-state index contributed by atoms with van der Waals surface area (Å²) in [5.41, 5.74) is 1.32. The number of rotatable bonds is 6. The van der Waals surface area contributed by atoms with E-state index in [2.05, 4.69) is 10.2 Å². The normalized spacial score (nSPS) is 14.8. The number of fused-ring (bicyclic) bond motifs is 2. The Morgan fingerprint density at radius 2 is 1.89 bits per heavy atom. The van der Waals surface area contributed by atoms with Crippen molar-refractivity contribution in [2.45, 2.75) is 26.0 Å². The van der Waals surface area contributed by atoms with Gasteiger partial charge in [-0.1, -0.05) is 54.1 Å². The standard InChI is InChI=1S/C28H19ClFN3O4S/c1-2-22-31-32-28(38-22)33-24(16-4-3-5-19(12-16)36-14-15-6-8-17(29)9-7-15)23-25(34)20-13-18(30)10-11-21(20)37-26(23)27(33)35/h3-13,24H,2,14H2,1H3. The Balaban J connectivity index is 1.47. The molecule has 2 aromatic heterocycles. The summed E-state index contributed by atoms with van der Waals surface area (Å²) in [4.78, 5) is 28.8. The first-order valence-electron chi connectivity index (χ1n) is 11.8. The highest BCUT2D eigenvalue weighted by atomic mass is 35.5. The number of aryl methyl sites for hydroxylation is 1. The Bertz CT molecular complexity index is 1750. The lowest BCUT2D eigenvalue weighted by molar-refractivity contribution is 0.0970. The van der Waals surface area contributed by atoms with Crippen molar-refractivity contribution in [3.8, 4) is 5.75 Å². The molecule has 1 amide bonds. The van der Waals surface area contributed by atoms with E-state index >= 15 is 0 Å². The number of carbonyl (C=O) groups is 1. The quantitative estimate of drug-likeness (QED) is 0.247. The van der Waals surface area contributed by atoms with Crippen LogP contribution in [0.1, 0.15) is 45.2 Å². The van der Waals surface area contributed by atoms with Crippen molar-refractivity contribution in [1.29, 1.82) is 0 Å². The minimum atomic E-state index is -0.863. The van der Waals surface area contributed by atoms with Crippen LogP contribution in [0.4, 0.5) is 9.52 Å². The van der Waals surface area contributed by atoms with Gasteiger partial charge in [-0.05, 0) is 60.0 Å². The van der Waals surface area contributed by atoms with Gasteiger partial charge in [-0.15, -0.1) is 10.2 Å². The van der Waals surface area contributed by atoms with Crippen LogP contribution in [0.25, 0.3) is 11.0 Å². The summed E-state index contributed by atoms with van der Waals surface area (Å²) in [5, 5.41) is 10.2. The summed E-state index contributed by atoms with van der Waals surface area (Å²) in [6.45, 7) is 2.24. The lowest BCUT2D eigenvalue weighted by Crippen LogP contribution is -2.29. The van der Waals surface area contributed by atoms with Gasteiger partial charge in [0, 0.05) is 5.02 Å². The number of halogens is 2. The van der Waals surface area contributed by atoms with Crippen molar-refractivity contribution in [3.05, 3.63) is 115 Å². The molecule has 0 radical (unpaired) electrons. The molecular weight excluding hydrogens is 529 g/mol. The van der Waals surface area contributed by atoms with Gasteiger partial charge in [0.1, 0.15) is 28.8 Å². The second-order valence-electron chi connectivity index (χ2n) is 8.71. The number of amides is 1. The lowest BCUT2D eigenvalue weighted by Gasteiger charge is -2.22. The number of carbonyl (C=O) groups excluding carboxylic acids is 1. The van der Waals surface area contributed by atoms with Gasteiger partial charge in [0.15, 0.2) is 5.43 Å². The van der Waals surface area contributed by atoms with E-state index in [-0.39, 0.29) is 22.3 Å². The van der Waals surface area contributed by atoms with Gasteiger partial charge >= 0.3 is 0 Å². The van der Waals surface area contributed by atoms with Gasteiger partial charge in [0.05, 0.1) is 17.0 Å². The molecule has 3 aromatic carbocycles. The third-order valence-electron chi connectivity index (χ3n) is 6.29. The van der Waals surface area contributed by atoms with E-state index in [1.165, 1.54) is 28.4 Å². The highest BCUT2D eigenvalue weighted by Gasteiger charge is 2.45. The molecule has 3 heterocycles. The fraction of sp³-hybridized carbons (Fsp3) is 0.143. The molecule has 5 aromatic rings. The summed E-state index contributed by atoms with van der Waals surface area (Å²) >= 11 is 7.24. The first-order valence-corrected chi connectivity index (χ1v) is 13.0. The van der Waals surface area contributed by atoms with Crippen molar-refractivity contribution in [2.75, 3.05) is 4.90 Å². The van der Waals surface area contributed by atoms with Crippen LogP contribution in [0.2, 0.25) is 5.02 Å². The Morgan fingerprint density at radius 1 is 1.08 bits per heavy atom. The molecule has 0 fully saturated rings. The predicted octanol–water partition coefficient (Wildman–Crippen LogP) is 6.33. The molecule has 0 spiro atoms. The van der Waals surface area contributed by atoms with Crippen LogP contribution in [0.15, 0.2) is 75.9 Å². The van der Waals surface area contributed by atoms with Crippen LogP contribution in [-0.2, 0) is 13.0 Å². The van der Waals surface area contributed by atoms with E-state index in [0.717, 1.165) is 16.6 Å². The van der Waals surface area contributed by atoms with Crippen LogP contribution >= 0.6 is 22.9 Å².